The van der Waals surface area contributed by atoms with E-state index in [2.05, 4.69) is 25.4 Å². The zero-order chi connectivity index (χ0) is 12.3. The lowest BCUT2D eigenvalue weighted by Crippen LogP contribution is -2.09. The molecule has 0 aliphatic rings. The van der Waals surface area contributed by atoms with E-state index >= 15 is 0 Å². The zero-order valence-corrected chi connectivity index (χ0v) is 9.34. The summed E-state index contributed by atoms with van der Waals surface area (Å²) >= 11 is 0. The first kappa shape index (κ1) is 11.1. The van der Waals surface area contributed by atoms with Gasteiger partial charge < -0.3 is 21.3 Å². The standard InChI is InChI=1S/C9H13N7O/c1-5-13-7(16-17-5)2-3-12-8-4-6(10)14-9(11)15-8/h4H,2-3H2,1H3,(H5,10,11,12,14,15). The van der Waals surface area contributed by atoms with Gasteiger partial charge in [-0.1, -0.05) is 5.16 Å². The molecule has 0 aliphatic carbocycles. The van der Waals surface area contributed by atoms with Crippen LogP contribution in [0.15, 0.2) is 10.6 Å². The molecule has 8 heteroatoms. The molecule has 0 bridgehead atoms. The Morgan fingerprint density at radius 3 is 2.76 bits per heavy atom. The van der Waals surface area contributed by atoms with Crippen LogP contribution in [0, 0.1) is 6.92 Å². The average Bonchev–Trinajstić information content (AvgIpc) is 2.63. The third kappa shape index (κ3) is 3.03. The predicted molar refractivity (Wildman–Crippen MR) is 62.1 cm³/mol. The second-order valence-electron chi connectivity index (χ2n) is 3.44. The van der Waals surface area contributed by atoms with Crippen molar-refractivity contribution < 1.29 is 4.52 Å². The van der Waals surface area contributed by atoms with Gasteiger partial charge in [0.2, 0.25) is 11.8 Å². The molecular weight excluding hydrogens is 222 g/mol. The van der Waals surface area contributed by atoms with Crippen LogP contribution in [0.5, 0.6) is 0 Å². The molecule has 0 unspecified atom stereocenters. The van der Waals surface area contributed by atoms with Crippen LogP contribution in [-0.2, 0) is 6.42 Å². The molecule has 17 heavy (non-hydrogen) atoms. The molecule has 90 valence electrons. The Labute approximate surface area is 97.4 Å². The number of rotatable bonds is 4. The van der Waals surface area contributed by atoms with Crippen molar-refractivity contribution in [2.24, 2.45) is 0 Å². The Hall–Kier alpha value is -2.38. The van der Waals surface area contributed by atoms with E-state index in [-0.39, 0.29) is 5.95 Å². The van der Waals surface area contributed by atoms with Crippen LogP contribution < -0.4 is 16.8 Å². The molecule has 0 fully saturated rings. The smallest absolute Gasteiger partial charge is 0.223 e. The van der Waals surface area contributed by atoms with Crippen molar-refractivity contribution in [2.45, 2.75) is 13.3 Å². The quantitative estimate of drug-likeness (QED) is 0.674. The lowest BCUT2D eigenvalue weighted by molar-refractivity contribution is 0.387. The first-order valence-electron chi connectivity index (χ1n) is 5.06. The summed E-state index contributed by atoms with van der Waals surface area (Å²) < 4.78 is 4.85. The summed E-state index contributed by atoms with van der Waals surface area (Å²) in [6, 6.07) is 1.61. The van der Waals surface area contributed by atoms with Gasteiger partial charge in [0.05, 0.1) is 0 Å². The highest BCUT2D eigenvalue weighted by molar-refractivity contribution is 5.48. The molecule has 0 saturated heterocycles. The molecule has 2 rings (SSSR count). The van der Waals surface area contributed by atoms with Crippen LogP contribution in [0.4, 0.5) is 17.6 Å². The second kappa shape index (κ2) is 4.64. The van der Waals surface area contributed by atoms with E-state index in [9.17, 15) is 0 Å². The maximum atomic E-state index is 5.53. The first-order chi connectivity index (χ1) is 8.13. The van der Waals surface area contributed by atoms with Crippen molar-refractivity contribution in [2.75, 3.05) is 23.3 Å². The summed E-state index contributed by atoms with van der Waals surface area (Å²) in [6.45, 7) is 2.35. The van der Waals surface area contributed by atoms with Gasteiger partial charge in [-0.25, -0.2) is 0 Å². The monoisotopic (exact) mass is 235 g/mol. The fraction of sp³-hybridized carbons (Fsp3) is 0.333. The molecule has 0 atom stereocenters. The second-order valence-corrected chi connectivity index (χ2v) is 3.44. The summed E-state index contributed by atoms with van der Waals surface area (Å²) in [7, 11) is 0. The summed E-state index contributed by atoms with van der Waals surface area (Å²) in [4.78, 5) is 11.8. The number of anilines is 3. The van der Waals surface area contributed by atoms with Gasteiger partial charge in [0.25, 0.3) is 0 Å². The van der Waals surface area contributed by atoms with Crippen LogP contribution in [0.25, 0.3) is 0 Å². The Morgan fingerprint density at radius 2 is 2.12 bits per heavy atom. The fourth-order valence-electron chi connectivity index (χ4n) is 1.32. The zero-order valence-electron chi connectivity index (χ0n) is 9.34. The number of nitrogens with zero attached hydrogens (tertiary/aromatic N) is 4. The van der Waals surface area contributed by atoms with E-state index in [1.54, 1.807) is 13.0 Å². The Kier molecular flexibility index (Phi) is 3.03. The van der Waals surface area contributed by atoms with Crippen molar-refractivity contribution >= 4 is 17.6 Å². The third-order valence-corrected chi connectivity index (χ3v) is 1.99. The molecule has 0 aromatic carbocycles. The van der Waals surface area contributed by atoms with Gasteiger partial charge in [-0.3, -0.25) is 0 Å². The normalized spacial score (nSPS) is 10.4. The topological polar surface area (TPSA) is 129 Å². The highest BCUT2D eigenvalue weighted by atomic mass is 16.5. The predicted octanol–water partition coefficient (Wildman–Crippen LogP) is -0.0130. The van der Waals surface area contributed by atoms with Gasteiger partial charge in [0.15, 0.2) is 5.82 Å². The van der Waals surface area contributed by atoms with Gasteiger partial charge >= 0.3 is 0 Å². The maximum absolute atomic E-state index is 5.53. The molecule has 0 spiro atoms. The number of nitrogens with one attached hydrogen (secondary N) is 1. The molecule has 0 saturated carbocycles. The first-order valence-corrected chi connectivity index (χ1v) is 5.06. The number of hydrogen-bond donors (Lipinski definition) is 3. The molecule has 2 heterocycles. The minimum absolute atomic E-state index is 0.142. The minimum atomic E-state index is 0.142. The highest BCUT2D eigenvalue weighted by Gasteiger charge is 2.03. The Morgan fingerprint density at radius 1 is 1.29 bits per heavy atom. The largest absolute Gasteiger partial charge is 0.383 e. The molecule has 2 aromatic rings. The summed E-state index contributed by atoms with van der Waals surface area (Å²) in [5.41, 5.74) is 11.0. The lowest BCUT2D eigenvalue weighted by Gasteiger charge is -2.04. The van der Waals surface area contributed by atoms with E-state index in [4.69, 9.17) is 16.0 Å². The van der Waals surface area contributed by atoms with Crippen LogP contribution in [0.2, 0.25) is 0 Å². The highest BCUT2D eigenvalue weighted by Crippen LogP contribution is 2.09. The number of aryl methyl sites for hydroxylation is 1. The maximum Gasteiger partial charge on any atom is 0.223 e. The van der Waals surface area contributed by atoms with Crippen molar-refractivity contribution in [1.82, 2.24) is 20.1 Å². The average molecular weight is 235 g/mol. The van der Waals surface area contributed by atoms with Crippen LogP contribution >= 0.6 is 0 Å². The molecule has 0 amide bonds. The van der Waals surface area contributed by atoms with E-state index in [0.29, 0.717) is 36.3 Å². The molecule has 0 aliphatic heterocycles. The molecular formula is C9H13N7O. The van der Waals surface area contributed by atoms with Gasteiger partial charge in [-0.15, -0.1) is 0 Å². The van der Waals surface area contributed by atoms with E-state index < -0.39 is 0 Å². The van der Waals surface area contributed by atoms with Crippen LogP contribution in [0.3, 0.4) is 0 Å². The number of nitrogens with two attached hydrogens (primary N) is 2. The van der Waals surface area contributed by atoms with E-state index in [1.165, 1.54) is 0 Å². The third-order valence-electron chi connectivity index (χ3n) is 1.99. The molecule has 2 aromatic heterocycles. The van der Waals surface area contributed by atoms with Gasteiger partial charge in [-0.05, 0) is 0 Å². The van der Waals surface area contributed by atoms with Crippen LogP contribution in [0.1, 0.15) is 11.7 Å². The van der Waals surface area contributed by atoms with Crippen molar-refractivity contribution in [3.05, 3.63) is 17.8 Å². The van der Waals surface area contributed by atoms with Gasteiger partial charge in [0, 0.05) is 26.0 Å². The minimum Gasteiger partial charge on any atom is -0.383 e. The summed E-state index contributed by atoms with van der Waals surface area (Å²) in [5.74, 6) is 2.24. The Balaban J connectivity index is 1.89. The van der Waals surface area contributed by atoms with Crippen molar-refractivity contribution in [1.29, 1.82) is 0 Å². The SMILES string of the molecule is Cc1nc(CCNc2cc(N)nc(N)n2)no1. The molecule has 0 radical (unpaired) electrons. The van der Waals surface area contributed by atoms with Gasteiger partial charge in [-0.2, -0.15) is 15.0 Å². The summed E-state index contributed by atoms with van der Waals surface area (Å²) in [6.07, 6.45) is 0.626. The Bertz CT molecular complexity index is 490. The molecule has 8 nitrogen and oxygen atoms in total. The fourth-order valence-corrected chi connectivity index (χ4v) is 1.32. The molecule has 5 N–H and O–H groups in total. The van der Waals surface area contributed by atoms with Crippen molar-refractivity contribution in [3.8, 4) is 0 Å². The lowest BCUT2D eigenvalue weighted by atomic mass is 10.4. The van der Waals surface area contributed by atoms with Gasteiger partial charge in [0.1, 0.15) is 11.6 Å². The summed E-state index contributed by atoms with van der Waals surface area (Å²) in [5, 5.41) is 6.83. The number of hydrogen-bond acceptors (Lipinski definition) is 8. The number of nitrogen functional groups attached to an aromatic ring is 2. The van der Waals surface area contributed by atoms with Crippen LogP contribution in [-0.4, -0.2) is 26.7 Å². The van der Waals surface area contributed by atoms with E-state index in [0.717, 1.165) is 0 Å². The number of aromatic nitrogens is 4. The van der Waals surface area contributed by atoms with Crippen molar-refractivity contribution in [3.63, 3.8) is 0 Å². The van der Waals surface area contributed by atoms with E-state index in [1.807, 2.05) is 0 Å².